The van der Waals surface area contributed by atoms with Gasteiger partial charge < -0.3 is 5.73 Å². The van der Waals surface area contributed by atoms with Crippen LogP contribution in [-0.4, -0.2) is 14.2 Å². The fourth-order valence-corrected chi connectivity index (χ4v) is 2.08. The lowest BCUT2D eigenvalue weighted by molar-refractivity contribution is 0.569. The van der Waals surface area contributed by atoms with Gasteiger partial charge in [0.15, 0.2) is 9.84 Å². The van der Waals surface area contributed by atoms with Crippen molar-refractivity contribution in [3.63, 3.8) is 0 Å². The van der Waals surface area contributed by atoms with E-state index in [-0.39, 0.29) is 11.4 Å². The normalized spacial score (nSPS) is 11.5. The maximum atomic E-state index is 13.1. The third-order valence-corrected chi connectivity index (χ3v) is 3.50. The second-order valence-corrected chi connectivity index (χ2v) is 4.78. The second-order valence-electron chi connectivity index (χ2n) is 2.56. The zero-order valence-electron chi connectivity index (χ0n) is 7.12. The molecule has 0 aliphatic rings. The molecule has 0 saturated heterocycles. The van der Waals surface area contributed by atoms with E-state index in [9.17, 15) is 12.8 Å². The van der Waals surface area contributed by atoms with Crippen molar-refractivity contribution in [1.29, 1.82) is 0 Å². The average Bonchev–Trinajstić information content (AvgIpc) is 2.03. The van der Waals surface area contributed by atoms with Gasteiger partial charge in [0.05, 0.1) is 11.4 Å². The highest BCUT2D eigenvalue weighted by Gasteiger charge is 2.19. The van der Waals surface area contributed by atoms with Crippen LogP contribution in [0.5, 0.6) is 0 Å². The third kappa shape index (κ3) is 1.80. The Kier molecular flexibility index (Phi) is 2.56. The van der Waals surface area contributed by atoms with E-state index in [2.05, 4.69) is 0 Å². The molecule has 3 nitrogen and oxygen atoms in total. The van der Waals surface area contributed by atoms with Gasteiger partial charge in [0.2, 0.25) is 0 Å². The van der Waals surface area contributed by atoms with Crippen molar-refractivity contribution in [3.8, 4) is 0 Å². The summed E-state index contributed by atoms with van der Waals surface area (Å²) < 4.78 is 35.7. The minimum absolute atomic E-state index is 0.0400. The fraction of sp³-hybridized carbons (Fsp3) is 0.250. The molecule has 0 saturated carbocycles. The predicted molar refractivity (Wildman–Crippen MR) is 48.5 cm³/mol. The molecule has 0 heterocycles. The minimum atomic E-state index is -3.56. The molecule has 0 aromatic heterocycles. The van der Waals surface area contributed by atoms with Gasteiger partial charge >= 0.3 is 0 Å². The van der Waals surface area contributed by atoms with Gasteiger partial charge in [-0.3, -0.25) is 0 Å². The lowest BCUT2D eigenvalue weighted by atomic mass is 10.3. The van der Waals surface area contributed by atoms with Gasteiger partial charge in [-0.25, -0.2) is 12.8 Å². The predicted octanol–water partition coefficient (Wildman–Crippen LogP) is 1.20. The first kappa shape index (κ1) is 9.98. The van der Waals surface area contributed by atoms with E-state index in [1.807, 2.05) is 0 Å². The number of rotatable bonds is 2. The molecular weight excluding hydrogens is 193 g/mol. The molecule has 0 radical (unpaired) electrons. The van der Waals surface area contributed by atoms with E-state index in [0.717, 1.165) is 6.07 Å². The first-order valence-corrected chi connectivity index (χ1v) is 5.41. The Morgan fingerprint density at radius 2 is 2.08 bits per heavy atom. The quantitative estimate of drug-likeness (QED) is 0.735. The molecule has 13 heavy (non-hydrogen) atoms. The molecule has 0 spiro atoms. The van der Waals surface area contributed by atoms with Crippen LogP contribution < -0.4 is 5.73 Å². The van der Waals surface area contributed by atoms with Gasteiger partial charge in [0.25, 0.3) is 0 Å². The number of hydrogen-bond acceptors (Lipinski definition) is 3. The topological polar surface area (TPSA) is 60.2 Å². The largest absolute Gasteiger partial charge is 0.398 e. The molecule has 0 aliphatic heterocycles. The first-order chi connectivity index (χ1) is 5.99. The molecule has 72 valence electrons. The van der Waals surface area contributed by atoms with Gasteiger partial charge in [-0.05, 0) is 12.1 Å². The molecule has 5 heteroatoms. The molecule has 0 unspecified atom stereocenters. The van der Waals surface area contributed by atoms with Crippen molar-refractivity contribution < 1.29 is 12.8 Å². The Morgan fingerprint density at radius 1 is 1.46 bits per heavy atom. The molecule has 0 fully saturated rings. The van der Waals surface area contributed by atoms with E-state index >= 15 is 0 Å². The van der Waals surface area contributed by atoms with Crippen LogP contribution >= 0.6 is 0 Å². The average molecular weight is 203 g/mol. The molecule has 0 aliphatic carbocycles. The van der Waals surface area contributed by atoms with Crippen LogP contribution in [0.15, 0.2) is 23.1 Å². The van der Waals surface area contributed by atoms with Crippen molar-refractivity contribution in [2.24, 2.45) is 0 Å². The summed E-state index contributed by atoms with van der Waals surface area (Å²) in [7, 11) is -3.56. The zero-order chi connectivity index (χ0) is 10.1. The summed E-state index contributed by atoms with van der Waals surface area (Å²) >= 11 is 0. The van der Waals surface area contributed by atoms with Crippen LogP contribution in [0.25, 0.3) is 0 Å². The van der Waals surface area contributed by atoms with Crippen LogP contribution in [0.3, 0.4) is 0 Å². The molecule has 1 aromatic carbocycles. The van der Waals surface area contributed by atoms with Crippen LogP contribution in [-0.2, 0) is 9.84 Å². The number of hydrogen-bond donors (Lipinski definition) is 1. The van der Waals surface area contributed by atoms with Gasteiger partial charge in [0, 0.05) is 0 Å². The molecule has 0 amide bonds. The van der Waals surface area contributed by atoms with E-state index in [1.165, 1.54) is 19.1 Å². The summed E-state index contributed by atoms with van der Waals surface area (Å²) in [4.78, 5) is -0.391. The highest BCUT2D eigenvalue weighted by molar-refractivity contribution is 7.91. The zero-order valence-corrected chi connectivity index (χ0v) is 7.94. The van der Waals surface area contributed by atoms with Gasteiger partial charge in [-0.15, -0.1) is 0 Å². The Hall–Kier alpha value is -1.10. The Morgan fingerprint density at radius 3 is 2.54 bits per heavy atom. The van der Waals surface area contributed by atoms with Gasteiger partial charge in [0.1, 0.15) is 10.7 Å². The lowest BCUT2D eigenvalue weighted by Gasteiger charge is -2.05. The van der Waals surface area contributed by atoms with Crippen LogP contribution in [0.4, 0.5) is 10.1 Å². The number of nitrogen functional groups attached to an aromatic ring is 1. The van der Waals surface area contributed by atoms with E-state index in [0.29, 0.717) is 0 Å². The number of halogens is 1. The highest BCUT2D eigenvalue weighted by atomic mass is 32.2. The van der Waals surface area contributed by atoms with Crippen LogP contribution in [0, 0.1) is 5.82 Å². The van der Waals surface area contributed by atoms with Crippen molar-refractivity contribution in [3.05, 3.63) is 24.0 Å². The van der Waals surface area contributed by atoms with Gasteiger partial charge in [-0.2, -0.15) is 0 Å². The molecule has 0 atom stereocenters. The molecular formula is C8H10FNO2S. The molecule has 0 bridgehead atoms. The van der Waals surface area contributed by atoms with E-state index in [4.69, 9.17) is 5.73 Å². The van der Waals surface area contributed by atoms with Crippen molar-refractivity contribution >= 4 is 15.5 Å². The summed E-state index contributed by atoms with van der Waals surface area (Å²) in [5, 5.41) is 0. The highest BCUT2D eigenvalue weighted by Crippen LogP contribution is 2.22. The van der Waals surface area contributed by atoms with Crippen molar-refractivity contribution in [1.82, 2.24) is 0 Å². The monoisotopic (exact) mass is 203 g/mol. The SMILES string of the molecule is CCS(=O)(=O)c1c(N)cccc1F. The van der Waals surface area contributed by atoms with E-state index < -0.39 is 20.5 Å². The fourth-order valence-electron chi connectivity index (χ4n) is 0.998. The first-order valence-electron chi connectivity index (χ1n) is 3.75. The van der Waals surface area contributed by atoms with Crippen molar-refractivity contribution in [2.45, 2.75) is 11.8 Å². The summed E-state index contributed by atoms with van der Waals surface area (Å²) in [5.74, 6) is -0.945. The van der Waals surface area contributed by atoms with E-state index in [1.54, 1.807) is 0 Å². The summed E-state index contributed by atoms with van der Waals surface area (Å²) in [5.41, 5.74) is 5.32. The van der Waals surface area contributed by atoms with Crippen molar-refractivity contribution in [2.75, 3.05) is 11.5 Å². The minimum Gasteiger partial charge on any atom is -0.398 e. The Bertz CT molecular complexity index is 394. The van der Waals surface area contributed by atoms with Crippen LogP contribution in [0.1, 0.15) is 6.92 Å². The third-order valence-electron chi connectivity index (χ3n) is 1.69. The lowest BCUT2D eigenvalue weighted by Crippen LogP contribution is -2.09. The smallest absolute Gasteiger partial charge is 0.183 e. The molecule has 1 rings (SSSR count). The number of nitrogens with two attached hydrogens (primary N) is 1. The van der Waals surface area contributed by atoms with Gasteiger partial charge in [-0.1, -0.05) is 13.0 Å². The summed E-state index contributed by atoms with van der Waals surface area (Å²) in [6.07, 6.45) is 0. The number of anilines is 1. The Labute approximate surface area is 76.3 Å². The number of sulfone groups is 1. The molecule has 2 N–H and O–H groups in total. The standard InChI is InChI=1S/C8H10FNO2S/c1-2-13(11,12)8-6(9)4-3-5-7(8)10/h3-5H,2,10H2,1H3. The Balaban J connectivity index is 3.46. The summed E-state index contributed by atoms with van der Waals surface area (Å²) in [6, 6.07) is 3.82. The molecule has 1 aromatic rings. The van der Waals surface area contributed by atoms with Crippen LogP contribution in [0.2, 0.25) is 0 Å². The maximum Gasteiger partial charge on any atom is 0.183 e. The second kappa shape index (κ2) is 3.33. The number of benzene rings is 1. The maximum absolute atomic E-state index is 13.1. The summed E-state index contributed by atoms with van der Waals surface area (Å²) in [6.45, 7) is 1.45.